The van der Waals surface area contributed by atoms with Crippen molar-refractivity contribution in [2.75, 3.05) is 18.5 Å². The molecule has 0 fully saturated rings. The third-order valence-corrected chi connectivity index (χ3v) is 7.42. The van der Waals surface area contributed by atoms with Gasteiger partial charge in [0, 0.05) is 22.1 Å². The number of ether oxygens (including phenoxy) is 3. The second-order valence-electron chi connectivity index (χ2n) is 10.6. The maximum atomic E-state index is 13.4. The van der Waals surface area contributed by atoms with Crippen molar-refractivity contribution < 1.29 is 28.6 Å². The minimum Gasteiger partial charge on any atom is -0.460 e. The average molecular weight is 611 g/mol. The van der Waals surface area contributed by atoms with Crippen molar-refractivity contribution in [3.63, 3.8) is 0 Å². The van der Waals surface area contributed by atoms with Gasteiger partial charge in [0.1, 0.15) is 18.1 Å². The number of benzene rings is 6. The number of nitrogens with one attached hydrogen (secondary N) is 2. The molecule has 6 rings (SSSR count). The molecule has 0 aromatic heterocycles. The van der Waals surface area contributed by atoms with E-state index >= 15 is 0 Å². The quantitative estimate of drug-likeness (QED) is 0.102. The molecule has 2 N–H and O–H groups in total. The number of carbonyl (C=O) groups excluding carboxylic acids is 3. The highest BCUT2D eigenvalue weighted by Crippen LogP contribution is 2.45. The average Bonchev–Trinajstić information content (AvgIpc) is 3.07. The first kappa shape index (κ1) is 29.9. The molecule has 0 radical (unpaired) electrons. The second kappa shape index (κ2) is 13.2. The molecular weight excluding hydrogens is 580 g/mol. The normalized spacial score (nSPS) is 10.8. The molecule has 8 nitrogen and oxygen atoms in total. The molecule has 8 heteroatoms. The molecule has 0 heterocycles. The summed E-state index contributed by atoms with van der Waals surface area (Å²) in [4.78, 5) is 38.1. The molecular formula is C38H30N2O6. The van der Waals surface area contributed by atoms with Gasteiger partial charge in [0.15, 0.2) is 0 Å². The van der Waals surface area contributed by atoms with Crippen LogP contribution in [0.2, 0.25) is 0 Å². The Hall–Kier alpha value is -6.15. The molecule has 0 saturated carbocycles. The third kappa shape index (κ3) is 6.37. The van der Waals surface area contributed by atoms with Gasteiger partial charge in [0.25, 0.3) is 0 Å². The second-order valence-corrected chi connectivity index (χ2v) is 10.6. The van der Waals surface area contributed by atoms with E-state index in [1.54, 1.807) is 19.1 Å². The summed E-state index contributed by atoms with van der Waals surface area (Å²) in [7, 11) is 0. The van der Waals surface area contributed by atoms with Crippen molar-refractivity contribution in [2.24, 2.45) is 0 Å². The first-order chi connectivity index (χ1) is 22.4. The predicted octanol–water partition coefficient (Wildman–Crippen LogP) is 8.63. The van der Waals surface area contributed by atoms with Gasteiger partial charge < -0.3 is 19.5 Å². The molecule has 6 aromatic carbocycles. The van der Waals surface area contributed by atoms with Crippen molar-refractivity contribution in [1.29, 1.82) is 0 Å². The van der Waals surface area contributed by atoms with E-state index in [1.165, 1.54) is 0 Å². The Morgan fingerprint density at radius 3 is 1.70 bits per heavy atom. The lowest BCUT2D eigenvalue weighted by Crippen LogP contribution is -2.30. The number of esters is 1. The van der Waals surface area contributed by atoms with Gasteiger partial charge in [-0.05, 0) is 52.1 Å². The third-order valence-electron chi connectivity index (χ3n) is 7.42. The summed E-state index contributed by atoms with van der Waals surface area (Å²) < 4.78 is 16.9. The van der Waals surface area contributed by atoms with Gasteiger partial charge in [-0.15, -0.1) is 0 Å². The summed E-state index contributed by atoms with van der Waals surface area (Å²) in [6.45, 7) is 5.09. The largest absolute Gasteiger partial charge is 0.460 e. The van der Waals surface area contributed by atoms with Crippen LogP contribution in [0.3, 0.4) is 0 Å². The number of rotatable bonds is 8. The molecule has 0 atom stereocenters. The van der Waals surface area contributed by atoms with Gasteiger partial charge in [-0.25, -0.2) is 14.4 Å². The minimum atomic E-state index is -0.737. The number of amides is 2. The standard InChI is InChI=1S/C38H30N2O6/c1-24(2)36(41)44-23-22-39-37(42)45-32-20-18-26-11-4-7-15-29(26)34(32)35-30-16-8-5-12-27(30)19-21-33(35)46-38(43)40-31-17-9-13-25-10-3-6-14-28(25)31/h3-21H,1,22-23H2,2H3,(H,39,42)(H,40,43). The van der Waals surface area contributed by atoms with Crippen LogP contribution in [-0.2, 0) is 9.53 Å². The molecule has 0 aliphatic carbocycles. The molecule has 0 saturated heterocycles. The predicted molar refractivity (Wildman–Crippen MR) is 180 cm³/mol. The molecule has 0 unspecified atom stereocenters. The van der Waals surface area contributed by atoms with Gasteiger partial charge in [0.05, 0.1) is 12.2 Å². The molecule has 0 aliphatic heterocycles. The summed E-state index contributed by atoms with van der Waals surface area (Å²) in [5, 5.41) is 10.8. The number of anilines is 1. The molecule has 0 bridgehead atoms. The highest BCUT2D eigenvalue weighted by atomic mass is 16.6. The van der Waals surface area contributed by atoms with Crippen LogP contribution in [0, 0.1) is 0 Å². The van der Waals surface area contributed by atoms with E-state index in [0.29, 0.717) is 16.8 Å². The van der Waals surface area contributed by atoms with Crippen LogP contribution >= 0.6 is 0 Å². The van der Waals surface area contributed by atoms with Crippen LogP contribution in [-0.4, -0.2) is 31.3 Å². The summed E-state index contributed by atoms with van der Waals surface area (Å²) in [6, 6.07) is 36.0. The van der Waals surface area contributed by atoms with Crippen LogP contribution < -0.4 is 20.1 Å². The molecule has 6 aromatic rings. The van der Waals surface area contributed by atoms with Crippen LogP contribution in [0.15, 0.2) is 127 Å². The smallest absolute Gasteiger partial charge is 0.417 e. The summed E-state index contributed by atoms with van der Waals surface area (Å²) >= 11 is 0. The van der Waals surface area contributed by atoms with Gasteiger partial charge in [-0.2, -0.15) is 0 Å². The van der Waals surface area contributed by atoms with Gasteiger partial charge in [-0.3, -0.25) is 5.32 Å². The Morgan fingerprint density at radius 1 is 0.609 bits per heavy atom. The van der Waals surface area contributed by atoms with Crippen molar-refractivity contribution in [2.45, 2.75) is 6.92 Å². The van der Waals surface area contributed by atoms with Crippen LogP contribution in [0.1, 0.15) is 6.92 Å². The number of fused-ring (bicyclic) bond motifs is 3. The number of carbonyl (C=O) groups is 3. The van der Waals surface area contributed by atoms with Gasteiger partial charge >= 0.3 is 18.2 Å². The highest BCUT2D eigenvalue weighted by Gasteiger charge is 2.22. The SMILES string of the molecule is C=C(C)C(=O)OCCNC(=O)Oc1ccc2ccccc2c1-c1c(OC(=O)Nc2cccc3ccccc23)ccc2ccccc12. The Kier molecular flexibility index (Phi) is 8.60. The zero-order valence-electron chi connectivity index (χ0n) is 25.0. The van der Waals surface area contributed by atoms with E-state index in [0.717, 1.165) is 32.3 Å². The molecule has 228 valence electrons. The van der Waals surface area contributed by atoms with Gasteiger partial charge in [-0.1, -0.05) is 104 Å². The van der Waals surface area contributed by atoms with E-state index < -0.39 is 18.2 Å². The van der Waals surface area contributed by atoms with E-state index in [4.69, 9.17) is 14.2 Å². The highest BCUT2D eigenvalue weighted by molar-refractivity contribution is 6.11. The summed E-state index contributed by atoms with van der Waals surface area (Å²) in [5.74, 6) is -0.00416. The van der Waals surface area contributed by atoms with E-state index in [9.17, 15) is 14.4 Å². The minimum absolute atomic E-state index is 0.0394. The maximum absolute atomic E-state index is 13.4. The van der Waals surface area contributed by atoms with E-state index in [2.05, 4.69) is 17.2 Å². The van der Waals surface area contributed by atoms with Crippen LogP contribution in [0.25, 0.3) is 43.4 Å². The van der Waals surface area contributed by atoms with Crippen molar-refractivity contribution >= 4 is 56.2 Å². The number of hydrogen-bond donors (Lipinski definition) is 2. The first-order valence-corrected chi connectivity index (χ1v) is 14.7. The Balaban J connectivity index is 1.38. The molecule has 46 heavy (non-hydrogen) atoms. The fraction of sp³-hybridized carbons (Fsp3) is 0.0789. The van der Waals surface area contributed by atoms with Crippen LogP contribution in [0.5, 0.6) is 11.5 Å². The van der Waals surface area contributed by atoms with Crippen LogP contribution in [0.4, 0.5) is 15.3 Å². The fourth-order valence-corrected chi connectivity index (χ4v) is 5.31. The molecule has 0 aliphatic rings. The lowest BCUT2D eigenvalue weighted by Gasteiger charge is -2.19. The van der Waals surface area contributed by atoms with Crippen molar-refractivity contribution in [3.05, 3.63) is 127 Å². The maximum Gasteiger partial charge on any atom is 0.417 e. The lowest BCUT2D eigenvalue weighted by molar-refractivity contribution is -0.138. The first-order valence-electron chi connectivity index (χ1n) is 14.7. The summed E-state index contributed by atoms with van der Waals surface area (Å²) in [5.41, 5.74) is 2.04. The lowest BCUT2D eigenvalue weighted by atomic mass is 9.92. The van der Waals surface area contributed by atoms with E-state index in [1.807, 2.05) is 103 Å². The monoisotopic (exact) mass is 610 g/mol. The molecule has 2 amide bonds. The Morgan fingerprint density at radius 2 is 1.11 bits per heavy atom. The number of hydrogen-bond acceptors (Lipinski definition) is 6. The zero-order valence-corrected chi connectivity index (χ0v) is 25.0. The van der Waals surface area contributed by atoms with Crippen molar-refractivity contribution in [1.82, 2.24) is 5.32 Å². The summed E-state index contributed by atoms with van der Waals surface area (Å²) in [6.07, 6.45) is -1.41. The van der Waals surface area contributed by atoms with E-state index in [-0.39, 0.29) is 30.2 Å². The zero-order chi connectivity index (χ0) is 32.0. The Bertz CT molecular complexity index is 2130. The Labute approximate surface area is 265 Å². The molecule has 0 spiro atoms. The fourth-order valence-electron chi connectivity index (χ4n) is 5.31. The van der Waals surface area contributed by atoms with Crippen molar-refractivity contribution in [3.8, 4) is 22.6 Å². The topological polar surface area (TPSA) is 103 Å². The van der Waals surface area contributed by atoms with Gasteiger partial charge in [0.2, 0.25) is 0 Å².